The molecule has 0 amide bonds. The molecule has 0 aliphatic carbocycles. The van der Waals surface area contributed by atoms with Crippen molar-refractivity contribution in [2.24, 2.45) is 5.10 Å². The third kappa shape index (κ3) is 4.42. The maximum absolute atomic E-state index is 5.94. The average molecular weight is 390 g/mol. The highest BCUT2D eigenvalue weighted by Gasteiger charge is 2.03. The lowest BCUT2D eigenvalue weighted by Crippen LogP contribution is -1.90. The molecule has 3 nitrogen and oxygen atoms in total. The SMILES string of the molecule is Clc1ccc(-c2ccc(C=NNc3nc(-c4ccccc4)cs3)cc2)cc1. The van der Waals surface area contributed by atoms with E-state index in [0.29, 0.717) is 0 Å². The van der Waals surface area contributed by atoms with Crippen molar-refractivity contribution in [1.29, 1.82) is 0 Å². The zero-order chi connectivity index (χ0) is 18.5. The predicted octanol–water partition coefficient (Wildman–Crippen LogP) is 6.58. The van der Waals surface area contributed by atoms with Crippen LogP contribution in [-0.2, 0) is 0 Å². The van der Waals surface area contributed by atoms with E-state index < -0.39 is 0 Å². The molecule has 0 bridgehead atoms. The fourth-order valence-electron chi connectivity index (χ4n) is 2.63. The molecule has 0 aliphatic heterocycles. The van der Waals surface area contributed by atoms with Gasteiger partial charge in [-0.05, 0) is 28.8 Å². The number of hydrogen-bond acceptors (Lipinski definition) is 4. The van der Waals surface area contributed by atoms with Crippen LogP contribution in [0.3, 0.4) is 0 Å². The number of rotatable bonds is 5. The van der Waals surface area contributed by atoms with Crippen LogP contribution in [0.1, 0.15) is 5.56 Å². The predicted molar refractivity (Wildman–Crippen MR) is 116 cm³/mol. The summed E-state index contributed by atoms with van der Waals surface area (Å²) in [5.74, 6) is 0. The van der Waals surface area contributed by atoms with E-state index in [1.165, 1.54) is 11.3 Å². The smallest absolute Gasteiger partial charge is 0.203 e. The van der Waals surface area contributed by atoms with Crippen LogP contribution in [-0.4, -0.2) is 11.2 Å². The van der Waals surface area contributed by atoms with E-state index in [2.05, 4.69) is 27.6 Å². The van der Waals surface area contributed by atoms with Gasteiger partial charge in [0.1, 0.15) is 0 Å². The Morgan fingerprint density at radius 1 is 0.815 bits per heavy atom. The van der Waals surface area contributed by atoms with Gasteiger partial charge in [0.15, 0.2) is 0 Å². The third-order valence-electron chi connectivity index (χ3n) is 4.04. The van der Waals surface area contributed by atoms with E-state index in [4.69, 9.17) is 11.6 Å². The zero-order valence-electron chi connectivity index (χ0n) is 14.3. The van der Waals surface area contributed by atoms with Gasteiger partial charge < -0.3 is 0 Å². The van der Waals surface area contributed by atoms with Gasteiger partial charge in [0, 0.05) is 16.0 Å². The minimum atomic E-state index is 0.742. The molecule has 1 aromatic heterocycles. The van der Waals surface area contributed by atoms with Crippen LogP contribution in [0.15, 0.2) is 89.3 Å². The standard InChI is InChI=1S/C22H16ClN3S/c23-20-12-10-18(11-13-20)17-8-6-16(7-9-17)14-24-26-22-25-21(15-27-22)19-4-2-1-3-5-19/h1-15H,(H,25,26). The van der Waals surface area contributed by atoms with Crippen LogP contribution in [0, 0.1) is 0 Å². The van der Waals surface area contributed by atoms with Crippen molar-refractivity contribution in [3.05, 3.63) is 94.8 Å². The normalized spacial score (nSPS) is 11.0. The molecule has 0 saturated heterocycles. The van der Waals surface area contributed by atoms with Crippen molar-refractivity contribution in [2.45, 2.75) is 0 Å². The monoisotopic (exact) mass is 389 g/mol. The van der Waals surface area contributed by atoms with Gasteiger partial charge in [-0.1, -0.05) is 78.3 Å². The Labute approximate surface area is 167 Å². The van der Waals surface area contributed by atoms with Crippen LogP contribution >= 0.6 is 22.9 Å². The highest BCUT2D eigenvalue weighted by atomic mass is 35.5. The molecule has 0 spiro atoms. The van der Waals surface area contributed by atoms with Gasteiger partial charge in [-0.15, -0.1) is 11.3 Å². The molecular weight excluding hydrogens is 374 g/mol. The summed E-state index contributed by atoms with van der Waals surface area (Å²) >= 11 is 7.47. The largest absolute Gasteiger partial charge is 0.253 e. The molecule has 0 radical (unpaired) electrons. The molecule has 1 heterocycles. The van der Waals surface area contributed by atoms with Gasteiger partial charge >= 0.3 is 0 Å². The molecule has 4 aromatic rings. The first-order chi connectivity index (χ1) is 13.3. The van der Waals surface area contributed by atoms with E-state index in [-0.39, 0.29) is 0 Å². The zero-order valence-corrected chi connectivity index (χ0v) is 15.9. The lowest BCUT2D eigenvalue weighted by atomic mass is 10.0. The molecule has 4 rings (SSSR count). The molecule has 0 atom stereocenters. The van der Waals surface area contributed by atoms with E-state index in [1.54, 1.807) is 6.21 Å². The van der Waals surface area contributed by atoms with Gasteiger partial charge in [-0.2, -0.15) is 5.10 Å². The Kier molecular flexibility index (Phi) is 5.28. The third-order valence-corrected chi connectivity index (χ3v) is 5.03. The molecule has 0 aliphatic rings. The second-order valence-corrected chi connectivity index (χ2v) is 7.20. The minimum absolute atomic E-state index is 0.742. The summed E-state index contributed by atoms with van der Waals surface area (Å²) in [6, 6.07) is 26.1. The first-order valence-electron chi connectivity index (χ1n) is 8.44. The summed E-state index contributed by atoms with van der Waals surface area (Å²) in [4.78, 5) is 4.56. The van der Waals surface area contributed by atoms with Crippen molar-refractivity contribution in [3.8, 4) is 22.4 Å². The number of nitrogens with one attached hydrogen (secondary N) is 1. The van der Waals surface area contributed by atoms with Crippen LogP contribution in [0.2, 0.25) is 5.02 Å². The molecule has 0 fully saturated rings. The summed E-state index contributed by atoms with van der Waals surface area (Å²) in [7, 11) is 0. The molecule has 0 unspecified atom stereocenters. The summed E-state index contributed by atoms with van der Waals surface area (Å²) < 4.78 is 0. The molecule has 1 N–H and O–H groups in total. The van der Waals surface area contributed by atoms with Crippen LogP contribution < -0.4 is 5.43 Å². The molecule has 27 heavy (non-hydrogen) atoms. The number of nitrogens with zero attached hydrogens (tertiary/aromatic N) is 2. The van der Waals surface area contributed by atoms with Crippen molar-refractivity contribution in [2.75, 3.05) is 5.43 Å². The van der Waals surface area contributed by atoms with Crippen LogP contribution in [0.25, 0.3) is 22.4 Å². The van der Waals surface area contributed by atoms with Crippen LogP contribution in [0.4, 0.5) is 5.13 Å². The molecule has 132 valence electrons. The summed E-state index contributed by atoms with van der Waals surface area (Å²) in [5.41, 5.74) is 8.34. The number of anilines is 1. The fraction of sp³-hybridized carbons (Fsp3) is 0. The number of thiazole rings is 1. The Morgan fingerprint density at radius 2 is 1.48 bits per heavy atom. The molecular formula is C22H16ClN3S. The van der Waals surface area contributed by atoms with Gasteiger partial charge in [-0.25, -0.2) is 4.98 Å². The Hall–Kier alpha value is -2.95. The molecule has 5 heteroatoms. The lowest BCUT2D eigenvalue weighted by Gasteiger charge is -2.02. The van der Waals surface area contributed by atoms with Crippen molar-refractivity contribution < 1.29 is 0 Å². The van der Waals surface area contributed by atoms with Gasteiger partial charge in [0.2, 0.25) is 5.13 Å². The Bertz CT molecular complexity index is 1040. The minimum Gasteiger partial charge on any atom is -0.253 e. The number of hydrogen-bond donors (Lipinski definition) is 1. The topological polar surface area (TPSA) is 37.3 Å². The lowest BCUT2D eigenvalue weighted by molar-refractivity contribution is 1.29. The number of halogens is 1. The van der Waals surface area contributed by atoms with E-state index in [0.717, 1.165) is 38.1 Å². The van der Waals surface area contributed by atoms with E-state index in [9.17, 15) is 0 Å². The van der Waals surface area contributed by atoms with E-state index in [1.807, 2.05) is 72.1 Å². The van der Waals surface area contributed by atoms with Gasteiger partial charge in [-0.3, -0.25) is 5.43 Å². The molecule has 3 aromatic carbocycles. The summed E-state index contributed by atoms with van der Waals surface area (Å²) in [5, 5.41) is 7.82. The first-order valence-corrected chi connectivity index (χ1v) is 9.70. The number of hydrazone groups is 1. The number of benzene rings is 3. The fourth-order valence-corrected chi connectivity index (χ4v) is 3.43. The Morgan fingerprint density at radius 3 is 2.19 bits per heavy atom. The van der Waals surface area contributed by atoms with Gasteiger partial charge in [0.05, 0.1) is 11.9 Å². The highest BCUT2D eigenvalue weighted by molar-refractivity contribution is 7.14. The van der Waals surface area contributed by atoms with Crippen LogP contribution in [0.5, 0.6) is 0 Å². The maximum atomic E-state index is 5.94. The van der Waals surface area contributed by atoms with Crippen molar-refractivity contribution in [3.63, 3.8) is 0 Å². The van der Waals surface area contributed by atoms with Gasteiger partial charge in [0.25, 0.3) is 0 Å². The first kappa shape index (κ1) is 17.5. The average Bonchev–Trinajstić information content (AvgIpc) is 3.19. The highest BCUT2D eigenvalue weighted by Crippen LogP contribution is 2.24. The Balaban J connectivity index is 1.40. The molecule has 0 saturated carbocycles. The second kappa shape index (κ2) is 8.16. The number of aromatic nitrogens is 1. The van der Waals surface area contributed by atoms with E-state index >= 15 is 0 Å². The maximum Gasteiger partial charge on any atom is 0.203 e. The second-order valence-electron chi connectivity index (χ2n) is 5.90. The summed E-state index contributed by atoms with van der Waals surface area (Å²) in [6.07, 6.45) is 1.79. The summed E-state index contributed by atoms with van der Waals surface area (Å²) in [6.45, 7) is 0. The van der Waals surface area contributed by atoms with Crippen molar-refractivity contribution >= 4 is 34.3 Å². The van der Waals surface area contributed by atoms with Crippen molar-refractivity contribution in [1.82, 2.24) is 4.98 Å². The quantitative estimate of drug-likeness (QED) is 0.309.